The van der Waals surface area contributed by atoms with Crippen LogP contribution in [0.1, 0.15) is 137 Å². The number of carbonyl (C=O) groups excluding carboxylic acids is 1. The van der Waals surface area contributed by atoms with Crippen molar-refractivity contribution < 1.29 is 48.9 Å². The van der Waals surface area contributed by atoms with Crippen LogP contribution in [0.4, 0.5) is 0 Å². The van der Waals surface area contributed by atoms with Crippen LogP contribution in [0.3, 0.4) is 0 Å². The van der Waals surface area contributed by atoms with Crippen molar-refractivity contribution >= 4 is 5.78 Å². The van der Waals surface area contributed by atoms with E-state index in [1.54, 1.807) is 0 Å². The lowest BCUT2D eigenvalue weighted by Gasteiger charge is -2.47. The van der Waals surface area contributed by atoms with Crippen LogP contribution in [-0.4, -0.2) is 16.5 Å². The molecule has 0 bridgehead atoms. The summed E-state index contributed by atoms with van der Waals surface area (Å²) in [7, 11) is 0. The second-order valence-electron chi connectivity index (χ2n) is 6.59. The minimum absolute atomic E-state index is 0.925. The zero-order chi connectivity index (χ0) is 41.7. The first kappa shape index (κ1) is 5.55. The number of phenolic OH excluding ortho intramolecular Hbond substituents is 1. The zero-order valence-corrected chi connectivity index (χ0v) is 14.7. The quantitative estimate of drug-likeness (QED) is 0.616. The minimum Gasteiger partial charge on any atom is -0.508 e. The molecule has 2 aliphatic rings. The van der Waals surface area contributed by atoms with Gasteiger partial charge in [0.15, 0.2) is 0 Å². The molecule has 0 saturated heterocycles. The predicted molar refractivity (Wildman–Crippen MR) is 110 cm³/mol. The summed E-state index contributed by atoms with van der Waals surface area (Å²) in [6.45, 7) is -11.2. The molecule has 0 amide bonds. The number of Topliss-reactive ketones (excluding diaryl/α,β-unsaturated/α-hetero) is 1. The lowest BCUT2D eigenvalue weighted by Crippen LogP contribution is -2.47. The summed E-state index contributed by atoms with van der Waals surface area (Å²) in [6.07, 6.45) is -28.6. The Morgan fingerprint density at radius 1 is 1.44 bits per heavy atom. The van der Waals surface area contributed by atoms with Crippen LogP contribution in [0.25, 0.3) is 0 Å². The number of hydrogen-bond donors (Lipinski definition) is 1. The fourth-order valence-corrected chi connectivity index (χ4v) is 3.03. The highest BCUT2D eigenvalue weighted by molar-refractivity contribution is 5.81. The molecule has 1 aromatic carbocycles. The average Bonchev–Trinajstić information content (AvgIpc) is 2.88. The number of fused-ring (bicyclic) bond motifs is 3. The number of carbonyl (C=O) groups is 1. The van der Waals surface area contributed by atoms with Crippen molar-refractivity contribution in [1.29, 1.82) is 0 Å². The van der Waals surface area contributed by atoms with Crippen molar-refractivity contribution in [2.24, 2.45) is 5.89 Å². The van der Waals surface area contributed by atoms with Gasteiger partial charge in [0.05, 0.1) is 2.74 Å². The first-order valence-electron chi connectivity index (χ1n) is 20.5. The van der Waals surface area contributed by atoms with Crippen LogP contribution in [0, 0.1) is 5.89 Å². The van der Waals surface area contributed by atoms with Gasteiger partial charge in [-0.15, -0.1) is 0 Å². The van der Waals surface area contributed by atoms with Gasteiger partial charge in [0.1, 0.15) is 22.9 Å². The molecule has 3 heteroatoms. The van der Waals surface area contributed by atoms with Gasteiger partial charge in [-0.25, -0.2) is 0 Å². The molecule has 1 N–H and O–H groups in total. The van der Waals surface area contributed by atoms with Crippen LogP contribution < -0.4 is 4.74 Å². The Labute approximate surface area is 199 Å². The van der Waals surface area contributed by atoms with Gasteiger partial charge < -0.3 is 9.84 Å². The van der Waals surface area contributed by atoms with Gasteiger partial charge in [0.25, 0.3) is 0 Å². The Morgan fingerprint density at radius 3 is 3.00 bits per heavy atom. The van der Waals surface area contributed by atoms with Crippen molar-refractivity contribution in [3.63, 3.8) is 0 Å². The molecule has 1 aliphatic carbocycles. The predicted octanol–water partition coefficient (Wildman–Crippen LogP) is 6.26. The maximum Gasteiger partial charge on any atom is 0.133 e. The van der Waals surface area contributed by atoms with Crippen LogP contribution in [0.15, 0.2) is 12.1 Å². The zero-order valence-electron chi connectivity index (χ0n) is 39.7. The van der Waals surface area contributed by atoms with Gasteiger partial charge in [-0.1, -0.05) is 46.0 Å². The topological polar surface area (TPSA) is 46.5 Å². The van der Waals surface area contributed by atoms with E-state index in [9.17, 15) is 12.6 Å². The average molecular weight is 398 g/mol. The summed E-state index contributed by atoms with van der Waals surface area (Å²) in [6, 6.07) is -3.50. The fraction of sp³-hybridized carbons (Fsp3) is 0.708. The number of rotatable bonds is 6. The number of hydrogen-bond acceptors (Lipinski definition) is 3. The molecule has 150 valence electrons. The molecule has 0 radical (unpaired) electrons. The van der Waals surface area contributed by atoms with Gasteiger partial charge in [0, 0.05) is 61.7 Å². The third kappa shape index (κ3) is 4.02. The molecular formula is C24H36O3. The number of ketones is 1. The third-order valence-corrected chi connectivity index (χ3v) is 4.16. The highest BCUT2D eigenvalue weighted by atomic mass is 16.5. The Balaban J connectivity index is 2.68. The lowest BCUT2D eigenvalue weighted by molar-refractivity contribution is -0.124. The van der Waals surface area contributed by atoms with Crippen LogP contribution in [0.5, 0.6) is 11.5 Å². The molecule has 27 heavy (non-hydrogen) atoms. The van der Waals surface area contributed by atoms with Crippen LogP contribution in [0.2, 0.25) is 0 Å². The van der Waals surface area contributed by atoms with Crippen molar-refractivity contribution in [2.45, 2.75) is 102 Å². The van der Waals surface area contributed by atoms with E-state index in [4.69, 9.17) is 36.3 Å². The number of aromatic hydroxyl groups is 1. The van der Waals surface area contributed by atoms with E-state index in [0.717, 1.165) is 13.8 Å². The van der Waals surface area contributed by atoms with E-state index < -0.39 is 135 Å². The Hall–Kier alpha value is -1.51. The van der Waals surface area contributed by atoms with E-state index in [-0.39, 0.29) is 0 Å². The van der Waals surface area contributed by atoms with Gasteiger partial charge >= 0.3 is 0 Å². The fourth-order valence-electron chi connectivity index (χ4n) is 3.03. The van der Waals surface area contributed by atoms with Crippen molar-refractivity contribution in [1.82, 2.24) is 0 Å². The third-order valence-electron chi connectivity index (χ3n) is 4.16. The second-order valence-corrected chi connectivity index (χ2v) is 6.59. The molecule has 1 heterocycles. The van der Waals surface area contributed by atoms with Crippen molar-refractivity contribution in [3.05, 3.63) is 23.2 Å². The molecule has 0 unspecified atom stereocenters. The summed E-state index contributed by atoms with van der Waals surface area (Å²) in [5, 5.41) is 11.5. The standard InChI is InChI=1S/C24H36O3/c1-6-7-8-9-12-23(2,3)16-13-20(26)22-18-15-17(25)10-11-19(18)24(4,5)27-21(22)14-16/h13-14,18-19,26H,6-12,15H2,1-5H3/t18-,19-/m1/s1/i1D3,2D3,3D3,6D2,7D2,8D2,9D2,11D2,12D2,13D,14D,18D,19D. The highest BCUT2D eigenvalue weighted by Gasteiger charge is 2.47. The molecule has 1 saturated carbocycles. The lowest BCUT2D eigenvalue weighted by atomic mass is 9.66. The summed E-state index contributed by atoms with van der Waals surface area (Å²) >= 11 is 0. The molecular weight excluding hydrogens is 336 g/mol. The minimum atomic E-state index is -4.98. The van der Waals surface area contributed by atoms with E-state index >= 15 is 0 Å². The molecule has 0 spiro atoms. The van der Waals surface area contributed by atoms with Gasteiger partial charge in [0.2, 0.25) is 0 Å². The second kappa shape index (κ2) is 7.48. The monoisotopic (exact) mass is 397 g/mol. The molecule has 1 aromatic rings. The number of ether oxygens (including phenoxy) is 1. The van der Waals surface area contributed by atoms with Gasteiger partial charge in [-0.05, 0) is 49.7 Å². The highest BCUT2D eigenvalue weighted by Crippen LogP contribution is 2.54. The van der Waals surface area contributed by atoms with E-state index in [1.807, 2.05) is 0 Å². The smallest absolute Gasteiger partial charge is 0.133 e. The maximum atomic E-state index is 12.8. The maximum absolute atomic E-state index is 12.8. The molecule has 3 rings (SSSR count). The number of benzene rings is 1. The van der Waals surface area contributed by atoms with Crippen LogP contribution >= 0.6 is 0 Å². The van der Waals surface area contributed by atoms with Crippen molar-refractivity contribution in [2.75, 3.05) is 0 Å². The summed E-state index contributed by atoms with van der Waals surface area (Å²) < 4.78 is 215. The summed E-state index contributed by atoms with van der Waals surface area (Å²) in [5.41, 5.74) is -10.2. The normalized spacial score (nSPS) is 49.1. The Morgan fingerprint density at radius 2 is 2.26 bits per heavy atom. The van der Waals surface area contributed by atoms with E-state index in [1.165, 1.54) is 0 Å². The Kier molecular flexibility index (Phi) is 1.54. The van der Waals surface area contributed by atoms with E-state index in [0.29, 0.717) is 0 Å². The molecule has 3 nitrogen and oxygen atoms in total. The summed E-state index contributed by atoms with van der Waals surface area (Å²) in [5.74, 6) is -9.76. The van der Waals surface area contributed by atoms with E-state index in [2.05, 4.69) is 0 Å². The Bertz CT molecular complexity index is 1640. The first-order chi connectivity index (χ1) is 22.4. The molecule has 0 aromatic heterocycles. The molecule has 1 fully saturated rings. The first-order valence-corrected chi connectivity index (χ1v) is 8.00. The molecule has 2 atom stereocenters. The van der Waals surface area contributed by atoms with Crippen LogP contribution in [-0.2, 0) is 10.2 Å². The van der Waals surface area contributed by atoms with Crippen molar-refractivity contribution in [3.8, 4) is 11.5 Å². The largest absolute Gasteiger partial charge is 0.508 e. The molecule has 1 aliphatic heterocycles. The SMILES string of the molecule is [2H]c1c(O)c2c(c([2H])c1C(C([2H])([2H])[2H])(C([2H])([2H])[2H])C([2H])([2H])C([2H])([2H])C([2H])([2H])C([2H])([2H])C([2H])([2H])C([2H])([2H])[2H])OC(C)(C)[C@]1([2H])C([2H])([2H])CC(=O)C[C@@]21[2H]. The number of phenols is 1. The summed E-state index contributed by atoms with van der Waals surface area (Å²) in [4.78, 5) is 12.8. The van der Waals surface area contributed by atoms with Gasteiger partial charge in [-0.2, -0.15) is 0 Å². The van der Waals surface area contributed by atoms with Gasteiger partial charge in [-0.3, -0.25) is 4.79 Å².